The molecule has 1 aliphatic rings. The van der Waals surface area contributed by atoms with E-state index in [9.17, 15) is 4.79 Å². The molecule has 0 radical (unpaired) electrons. The van der Waals surface area contributed by atoms with Gasteiger partial charge in [0.1, 0.15) is 6.23 Å². The standard InChI is InChI=1S/C12H14ClNO2/c1-9-14(7-2-8-16-9)12(15)10-3-5-11(13)6-4-10/h3-6,9H,2,7-8H2,1H3. The van der Waals surface area contributed by atoms with E-state index in [2.05, 4.69) is 0 Å². The predicted octanol–water partition coefficient (Wildman–Crippen LogP) is 2.55. The van der Waals surface area contributed by atoms with E-state index in [0.717, 1.165) is 19.6 Å². The quantitative estimate of drug-likeness (QED) is 0.754. The molecular weight excluding hydrogens is 226 g/mol. The van der Waals surface area contributed by atoms with Crippen molar-refractivity contribution in [3.63, 3.8) is 0 Å². The van der Waals surface area contributed by atoms with Gasteiger partial charge in [0.2, 0.25) is 0 Å². The molecule has 1 heterocycles. The summed E-state index contributed by atoms with van der Waals surface area (Å²) in [5.74, 6) is 0.00358. The minimum absolute atomic E-state index is 0.00358. The van der Waals surface area contributed by atoms with Crippen molar-refractivity contribution in [2.45, 2.75) is 19.6 Å². The Balaban J connectivity index is 2.14. The third kappa shape index (κ3) is 2.36. The lowest BCUT2D eigenvalue weighted by Crippen LogP contribution is -2.44. The molecular formula is C12H14ClNO2. The first kappa shape index (κ1) is 11.4. The number of benzene rings is 1. The van der Waals surface area contributed by atoms with Crippen LogP contribution < -0.4 is 0 Å². The van der Waals surface area contributed by atoms with Crippen LogP contribution in [0, 0.1) is 0 Å². The maximum atomic E-state index is 12.1. The van der Waals surface area contributed by atoms with Crippen LogP contribution in [-0.2, 0) is 4.74 Å². The zero-order valence-corrected chi connectivity index (χ0v) is 9.91. The molecule has 2 rings (SSSR count). The zero-order chi connectivity index (χ0) is 11.5. The molecule has 86 valence electrons. The molecule has 1 amide bonds. The van der Waals surface area contributed by atoms with Crippen LogP contribution in [0.5, 0.6) is 0 Å². The molecule has 1 unspecified atom stereocenters. The lowest BCUT2D eigenvalue weighted by molar-refractivity contribution is -0.0661. The molecule has 0 spiro atoms. The Labute approximate surface area is 100.0 Å². The molecule has 0 saturated carbocycles. The molecule has 0 aliphatic carbocycles. The van der Waals surface area contributed by atoms with Crippen LogP contribution in [0.4, 0.5) is 0 Å². The Morgan fingerprint density at radius 1 is 1.44 bits per heavy atom. The van der Waals surface area contributed by atoms with Gasteiger partial charge in [-0.3, -0.25) is 4.79 Å². The lowest BCUT2D eigenvalue weighted by Gasteiger charge is -2.33. The highest BCUT2D eigenvalue weighted by molar-refractivity contribution is 6.30. The van der Waals surface area contributed by atoms with Gasteiger partial charge < -0.3 is 9.64 Å². The Hall–Kier alpha value is -1.06. The number of carbonyl (C=O) groups is 1. The molecule has 1 aliphatic heterocycles. The van der Waals surface area contributed by atoms with Gasteiger partial charge in [0.05, 0.1) is 6.61 Å². The summed E-state index contributed by atoms with van der Waals surface area (Å²) in [5.41, 5.74) is 0.654. The average molecular weight is 240 g/mol. The number of hydrogen-bond donors (Lipinski definition) is 0. The summed E-state index contributed by atoms with van der Waals surface area (Å²) in [6.45, 7) is 3.38. The van der Waals surface area contributed by atoms with Crippen molar-refractivity contribution >= 4 is 17.5 Å². The van der Waals surface area contributed by atoms with Crippen molar-refractivity contribution in [3.05, 3.63) is 34.9 Å². The van der Waals surface area contributed by atoms with Crippen LogP contribution in [0.2, 0.25) is 5.02 Å². The fourth-order valence-corrected chi connectivity index (χ4v) is 1.91. The largest absolute Gasteiger partial charge is 0.359 e. The highest BCUT2D eigenvalue weighted by Gasteiger charge is 2.24. The Morgan fingerprint density at radius 3 is 2.75 bits per heavy atom. The van der Waals surface area contributed by atoms with Crippen molar-refractivity contribution in [1.29, 1.82) is 0 Å². The van der Waals surface area contributed by atoms with Crippen LogP contribution in [0.3, 0.4) is 0 Å². The SMILES string of the molecule is CC1OCCCN1C(=O)c1ccc(Cl)cc1. The van der Waals surface area contributed by atoms with Crippen molar-refractivity contribution in [2.24, 2.45) is 0 Å². The van der Waals surface area contributed by atoms with E-state index in [1.54, 1.807) is 29.2 Å². The first-order valence-electron chi connectivity index (χ1n) is 5.36. The summed E-state index contributed by atoms with van der Waals surface area (Å²) in [5, 5.41) is 0.638. The molecule has 0 aromatic heterocycles. The topological polar surface area (TPSA) is 29.5 Å². The van der Waals surface area contributed by atoms with Gasteiger partial charge >= 0.3 is 0 Å². The molecule has 16 heavy (non-hydrogen) atoms. The van der Waals surface area contributed by atoms with Gasteiger partial charge in [0.15, 0.2) is 0 Å². The van der Waals surface area contributed by atoms with E-state index in [4.69, 9.17) is 16.3 Å². The van der Waals surface area contributed by atoms with Crippen molar-refractivity contribution in [2.75, 3.05) is 13.2 Å². The van der Waals surface area contributed by atoms with Gasteiger partial charge in [0.25, 0.3) is 5.91 Å². The Bertz CT molecular complexity index is 377. The van der Waals surface area contributed by atoms with Gasteiger partial charge in [-0.25, -0.2) is 0 Å². The number of nitrogens with zero attached hydrogens (tertiary/aromatic N) is 1. The summed E-state index contributed by atoms with van der Waals surface area (Å²) >= 11 is 5.78. The number of hydrogen-bond acceptors (Lipinski definition) is 2. The molecule has 1 aromatic carbocycles. The van der Waals surface area contributed by atoms with Gasteiger partial charge in [-0.05, 0) is 37.6 Å². The third-order valence-electron chi connectivity index (χ3n) is 2.69. The van der Waals surface area contributed by atoms with E-state index in [-0.39, 0.29) is 12.1 Å². The minimum Gasteiger partial charge on any atom is -0.359 e. The molecule has 3 nitrogen and oxygen atoms in total. The summed E-state index contributed by atoms with van der Waals surface area (Å²) < 4.78 is 5.44. The maximum absolute atomic E-state index is 12.1. The van der Waals surface area contributed by atoms with Crippen molar-refractivity contribution in [3.8, 4) is 0 Å². The van der Waals surface area contributed by atoms with E-state index in [1.165, 1.54) is 0 Å². The first-order valence-corrected chi connectivity index (χ1v) is 5.74. The van der Waals surface area contributed by atoms with Crippen molar-refractivity contribution in [1.82, 2.24) is 4.90 Å². The number of rotatable bonds is 1. The smallest absolute Gasteiger partial charge is 0.255 e. The number of amides is 1. The highest BCUT2D eigenvalue weighted by Crippen LogP contribution is 2.16. The van der Waals surface area contributed by atoms with E-state index < -0.39 is 0 Å². The summed E-state index contributed by atoms with van der Waals surface area (Å²) in [6.07, 6.45) is 0.751. The van der Waals surface area contributed by atoms with Crippen LogP contribution in [-0.4, -0.2) is 30.2 Å². The number of halogens is 1. The van der Waals surface area contributed by atoms with Crippen LogP contribution in [0.25, 0.3) is 0 Å². The molecule has 1 atom stereocenters. The fraction of sp³-hybridized carbons (Fsp3) is 0.417. The molecule has 1 aromatic rings. The second-order valence-electron chi connectivity index (χ2n) is 3.83. The van der Waals surface area contributed by atoms with Crippen LogP contribution in [0.1, 0.15) is 23.7 Å². The maximum Gasteiger partial charge on any atom is 0.255 e. The van der Waals surface area contributed by atoms with E-state index in [0.29, 0.717) is 10.6 Å². The Kier molecular flexibility index (Phi) is 3.46. The second-order valence-corrected chi connectivity index (χ2v) is 4.27. The Morgan fingerprint density at radius 2 is 2.12 bits per heavy atom. The van der Waals surface area contributed by atoms with Gasteiger partial charge in [-0.2, -0.15) is 0 Å². The van der Waals surface area contributed by atoms with Gasteiger partial charge in [0, 0.05) is 17.1 Å². The average Bonchev–Trinajstić information content (AvgIpc) is 2.30. The van der Waals surface area contributed by atoms with E-state index >= 15 is 0 Å². The predicted molar refractivity (Wildman–Crippen MR) is 62.5 cm³/mol. The molecule has 1 saturated heterocycles. The monoisotopic (exact) mass is 239 g/mol. The zero-order valence-electron chi connectivity index (χ0n) is 9.15. The fourth-order valence-electron chi connectivity index (χ4n) is 1.79. The normalized spacial score (nSPS) is 20.9. The first-order chi connectivity index (χ1) is 7.68. The van der Waals surface area contributed by atoms with Gasteiger partial charge in [-0.1, -0.05) is 11.6 Å². The van der Waals surface area contributed by atoms with Crippen LogP contribution in [0.15, 0.2) is 24.3 Å². The number of ether oxygens (including phenoxy) is 1. The summed E-state index contributed by atoms with van der Waals surface area (Å²) in [4.78, 5) is 13.9. The van der Waals surface area contributed by atoms with Crippen LogP contribution >= 0.6 is 11.6 Å². The number of carbonyl (C=O) groups excluding carboxylic acids is 1. The molecule has 4 heteroatoms. The third-order valence-corrected chi connectivity index (χ3v) is 2.95. The second kappa shape index (κ2) is 4.85. The molecule has 0 N–H and O–H groups in total. The van der Waals surface area contributed by atoms with Crippen molar-refractivity contribution < 1.29 is 9.53 Å². The summed E-state index contributed by atoms with van der Waals surface area (Å²) in [6, 6.07) is 6.94. The van der Waals surface area contributed by atoms with Gasteiger partial charge in [-0.15, -0.1) is 0 Å². The minimum atomic E-state index is -0.142. The molecule has 0 bridgehead atoms. The lowest BCUT2D eigenvalue weighted by atomic mass is 10.2. The molecule has 1 fully saturated rings. The highest BCUT2D eigenvalue weighted by atomic mass is 35.5. The van der Waals surface area contributed by atoms with E-state index in [1.807, 2.05) is 6.92 Å². The summed E-state index contributed by atoms with van der Waals surface area (Å²) in [7, 11) is 0.